The normalized spacial score (nSPS) is 10.9. The molecule has 0 aliphatic carbocycles. The zero-order valence-electron chi connectivity index (χ0n) is 13.1. The second-order valence-corrected chi connectivity index (χ2v) is 7.16. The molecule has 2 rings (SSSR count). The van der Waals surface area contributed by atoms with E-state index in [0.29, 0.717) is 21.4 Å². The Labute approximate surface area is 168 Å². The van der Waals surface area contributed by atoms with Gasteiger partial charge in [-0.05, 0) is 23.8 Å². The fourth-order valence-electron chi connectivity index (χ4n) is 1.88. The average molecular weight is 433 g/mol. The highest BCUT2D eigenvalue weighted by atomic mass is 35.5. The number of nitrogens with one attached hydrogen (secondary N) is 1. The molecule has 0 bridgehead atoms. The third-order valence-electron chi connectivity index (χ3n) is 3.11. The second kappa shape index (κ2) is 9.78. The molecule has 0 saturated heterocycles. The Bertz CT molecular complexity index is 842. The molecule has 2 aromatic carbocycles. The van der Waals surface area contributed by atoms with Gasteiger partial charge in [0.15, 0.2) is 0 Å². The van der Waals surface area contributed by atoms with E-state index in [2.05, 4.69) is 10.5 Å². The molecule has 1 N–H and O–H groups in total. The quantitative estimate of drug-likeness (QED) is 0.381. The van der Waals surface area contributed by atoms with Crippen LogP contribution in [-0.4, -0.2) is 22.8 Å². The van der Waals surface area contributed by atoms with Crippen LogP contribution in [0.3, 0.4) is 0 Å². The van der Waals surface area contributed by atoms with Crippen molar-refractivity contribution in [3.8, 4) is 0 Å². The molecule has 6 nitrogen and oxygen atoms in total. The molecular formula is C16H12Cl3N3O3S. The Hall–Kier alpha value is -1.80. The molecule has 0 heterocycles. The predicted octanol–water partition coefficient (Wildman–Crippen LogP) is 4.94. The van der Waals surface area contributed by atoms with Crippen molar-refractivity contribution in [1.29, 1.82) is 0 Å². The summed E-state index contributed by atoms with van der Waals surface area (Å²) in [5.41, 5.74) is 3.33. The highest BCUT2D eigenvalue weighted by molar-refractivity contribution is 7.99. The van der Waals surface area contributed by atoms with Gasteiger partial charge in [0.2, 0.25) is 5.91 Å². The van der Waals surface area contributed by atoms with Crippen molar-refractivity contribution in [3.05, 3.63) is 72.7 Å². The van der Waals surface area contributed by atoms with Gasteiger partial charge in [-0.2, -0.15) is 5.10 Å². The standard InChI is InChI=1S/C16H12Cl3N3O3S/c17-12-2-1-3-13(18)11(12)8-26-9-16(23)21-20-7-10-4-5-14(19)15(6-10)22(24)25/h1-7H,8-9H2,(H,21,23)/b20-7-. The van der Waals surface area contributed by atoms with Crippen LogP contribution in [0.2, 0.25) is 15.1 Å². The van der Waals surface area contributed by atoms with Crippen LogP contribution in [-0.2, 0) is 10.5 Å². The van der Waals surface area contributed by atoms with Gasteiger partial charge in [-0.3, -0.25) is 14.9 Å². The maximum Gasteiger partial charge on any atom is 0.288 e. The van der Waals surface area contributed by atoms with E-state index >= 15 is 0 Å². The van der Waals surface area contributed by atoms with Crippen molar-refractivity contribution >= 4 is 64.4 Å². The lowest BCUT2D eigenvalue weighted by molar-refractivity contribution is -0.384. The van der Waals surface area contributed by atoms with E-state index in [1.54, 1.807) is 24.3 Å². The van der Waals surface area contributed by atoms with E-state index in [1.807, 2.05) is 0 Å². The van der Waals surface area contributed by atoms with Gasteiger partial charge < -0.3 is 0 Å². The lowest BCUT2D eigenvalue weighted by Crippen LogP contribution is -2.19. The van der Waals surface area contributed by atoms with Crippen molar-refractivity contribution < 1.29 is 9.72 Å². The second-order valence-electron chi connectivity index (χ2n) is 4.95. The fourth-order valence-corrected chi connectivity index (χ4v) is 3.62. The number of carbonyl (C=O) groups excluding carboxylic acids is 1. The first kappa shape index (κ1) is 20.5. The molecule has 0 aliphatic heterocycles. The van der Waals surface area contributed by atoms with E-state index in [1.165, 1.54) is 30.1 Å². The van der Waals surface area contributed by atoms with Gasteiger partial charge in [-0.15, -0.1) is 11.8 Å². The van der Waals surface area contributed by atoms with Crippen molar-refractivity contribution in [3.63, 3.8) is 0 Å². The van der Waals surface area contributed by atoms with E-state index in [0.717, 1.165) is 5.56 Å². The SMILES string of the molecule is O=C(CSCc1c(Cl)cccc1Cl)N/N=C\c1ccc(Cl)c([N+](=O)[O-])c1. The topological polar surface area (TPSA) is 84.6 Å². The zero-order valence-corrected chi connectivity index (χ0v) is 16.2. The Kier molecular flexibility index (Phi) is 7.71. The van der Waals surface area contributed by atoms with Gasteiger partial charge >= 0.3 is 0 Å². The number of benzene rings is 2. The highest BCUT2D eigenvalue weighted by Crippen LogP contribution is 2.28. The number of halogens is 3. The summed E-state index contributed by atoms with van der Waals surface area (Å²) in [5, 5.41) is 15.7. The molecule has 0 atom stereocenters. The molecule has 0 aliphatic rings. The van der Waals surface area contributed by atoms with Gasteiger partial charge in [0.05, 0.1) is 16.9 Å². The molecule has 0 spiro atoms. The van der Waals surface area contributed by atoms with Crippen LogP contribution in [0.15, 0.2) is 41.5 Å². The molecule has 0 unspecified atom stereocenters. The molecule has 0 aromatic heterocycles. The number of thioether (sulfide) groups is 1. The van der Waals surface area contributed by atoms with Gasteiger partial charge in [0, 0.05) is 27.4 Å². The maximum absolute atomic E-state index is 11.8. The molecule has 136 valence electrons. The summed E-state index contributed by atoms with van der Waals surface area (Å²) in [6.45, 7) is 0. The monoisotopic (exact) mass is 431 g/mol. The summed E-state index contributed by atoms with van der Waals surface area (Å²) < 4.78 is 0. The van der Waals surface area contributed by atoms with E-state index in [-0.39, 0.29) is 22.4 Å². The molecule has 10 heteroatoms. The Morgan fingerprint density at radius 1 is 1.19 bits per heavy atom. The first-order chi connectivity index (χ1) is 12.4. The molecule has 0 radical (unpaired) electrons. The smallest absolute Gasteiger partial charge is 0.272 e. The number of nitrogens with zero attached hydrogens (tertiary/aromatic N) is 2. The highest BCUT2D eigenvalue weighted by Gasteiger charge is 2.12. The van der Waals surface area contributed by atoms with Crippen LogP contribution in [0.25, 0.3) is 0 Å². The zero-order chi connectivity index (χ0) is 19.1. The first-order valence-corrected chi connectivity index (χ1v) is 9.44. The lowest BCUT2D eigenvalue weighted by Gasteiger charge is -2.06. The maximum atomic E-state index is 11.8. The Morgan fingerprint density at radius 2 is 1.88 bits per heavy atom. The molecule has 1 amide bonds. The van der Waals surface area contributed by atoms with Crippen LogP contribution in [0.1, 0.15) is 11.1 Å². The lowest BCUT2D eigenvalue weighted by atomic mass is 10.2. The number of carbonyl (C=O) groups is 1. The summed E-state index contributed by atoms with van der Waals surface area (Å²) in [4.78, 5) is 22.0. The summed E-state index contributed by atoms with van der Waals surface area (Å²) in [7, 11) is 0. The van der Waals surface area contributed by atoms with Crippen LogP contribution < -0.4 is 5.43 Å². The van der Waals surface area contributed by atoms with E-state index in [9.17, 15) is 14.9 Å². The molecule has 0 fully saturated rings. The minimum atomic E-state index is -0.589. The third kappa shape index (κ3) is 5.88. The van der Waals surface area contributed by atoms with Crippen LogP contribution >= 0.6 is 46.6 Å². The average Bonchev–Trinajstić information content (AvgIpc) is 2.58. The largest absolute Gasteiger partial charge is 0.288 e. The fraction of sp³-hybridized carbons (Fsp3) is 0.125. The number of amides is 1. The van der Waals surface area contributed by atoms with Crippen molar-refractivity contribution in [2.24, 2.45) is 5.10 Å². The Balaban J connectivity index is 1.84. The number of hydrogen-bond acceptors (Lipinski definition) is 5. The molecule has 2 aromatic rings. The van der Waals surface area contributed by atoms with Crippen LogP contribution in [0.4, 0.5) is 5.69 Å². The summed E-state index contributed by atoms with van der Waals surface area (Å²) in [6, 6.07) is 9.44. The van der Waals surface area contributed by atoms with E-state index in [4.69, 9.17) is 34.8 Å². The number of hydrogen-bond donors (Lipinski definition) is 1. The summed E-state index contributed by atoms with van der Waals surface area (Å²) in [5.74, 6) is 0.316. The summed E-state index contributed by atoms with van der Waals surface area (Å²) in [6.07, 6.45) is 1.30. The minimum Gasteiger partial charge on any atom is -0.272 e. The summed E-state index contributed by atoms with van der Waals surface area (Å²) >= 11 is 19.2. The molecule has 26 heavy (non-hydrogen) atoms. The van der Waals surface area contributed by atoms with Gasteiger partial charge in [-0.25, -0.2) is 5.43 Å². The van der Waals surface area contributed by atoms with Crippen molar-refractivity contribution in [1.82, 2.24) is 5.43 Å². The number of nitro groups is 1. The van der Waals surface area contributed by atoms with Gasteiger partial charge in [0.25, 0.3) is 5.69 Å². The molecule has 0 saturated carbocycles. The number of nitro benzene ring substituents is 1. The molecular weight excluding hydrogens is 421 g/mol. The van der Waals surface area contributed by atoms with E-state index < -0.39 is 4.92 Å². The minimum absolute atomic E-state index is 0.0332. The first-order valence-electron chi connectivity index (χ1n) is 7.15. The van der Waals surface area contributed by atoms with Crippen LogP contribution in [0, 0.1) is 10.1 Å². The van der Waals surface area contributed by atoms with Crippen molar-refractivity contribution in [2.45, 2.75) is 5.75 Å². The predicted molar refractivity (Wildman–Crippen MR) is 106 cm³/mol. The van der Waals surface area contributed by atoms with Crippen molar-refractivity contribution in [2.75, 3.05) is 5.75 Å². The third-order valence-corrected chi connectivity index (χ3v) is 5.10. The Morgan fingerprint density at radius 3 is 2.54 bits per heavy atom. The van der Waals surface area contributed by atoms with Gasteiger partial charge in [-0.1, -0.05) is 46.9 Å². The van der Waals surface area contributed by atoms with Crippen LogP contribution in [0.5, 0.6) is 0 Å². The van der Waals surface area contributed by atoms with Gasteiger partial charge in [0.1, 0.15) is 5.02 Å². The number of rotatable bonds is 7. The number of hydrazone groups is 1.